The third-order valence-corrected chi connectivity index (χ3v) is 10.0. The number of rotatable bonds is 5. The fourth-order valence-corrected chi connectivity index (χ4v) is 7.34. The number of nitrogens with one attached hydrogen (secondary N) is 3. The van der Waals surface area contributed by atoms with Crippen LogP contribution < -0.4 is 5.32 Å². The van der Waals surface area contributed by atoms with Gasteiger partial charge in [-0.15, -0.1) is 0 Å². The molecule has 55 heavy (non-hydrogen) atoms. The minimum absolute atomic E-state index is 0.000832. The lowest BCUT2D eigenvalue weighted by Crippen LogP contribution is -2.51. The van der Waals surface area contributed by atoms with Crippen molar-refractivity contribution in [1.82, 2.24) is 35.1 Å². The van der Waals surface area contributed by atoms with Crippen LogP contribution >= 0.6 is 0 Å². The fourth-order valence-electron chi connectivity index (χ4n) is 7.34. The standard InChI is InChI=1S/C41H49N7O7/c1-41(2,3)55-40(51)48-20-6-9-33(48)36-42-24-31(44-36)28-15-11-26(12-16-28)27-13-17-29(18-14-27)35-30-8-7-21-53-22-23-54-25-32(45-39(50)52-4)38(49)47-19-5-10-34(47)37(43-30)46-35/h7-8,11-18,24,32-34H,5-6,9-10,19-23,25H2,1-4H3,(H,42,44)(H,43,46)(H,45,50)/t32-,33-,34-/m0/s1. The van der Waals surface area contributed by atoms with Crippen LogP contribution in [0, 0.1) is 0 Å². The number of imidazole rings is 2. The summed E-state index contributed by atoms with van der Waals surface area (Å²) < 4.78 is 21.8. The Balaban J connectivity index is 1.08. The van der Waals surface area contributed by atoms with Crippen LogP contribution in [0.3, 0.4) is 0 Å². The molecule has 4 aromatic rings. The maximum atomic E-state index is 13.8. The molecule has 14 heteroatoms. The first kappa shape index (κ1) is 37.8. The zero-order valence-corrected chi connectivity index (χ0v) is 31.8. The topological polar surface area (TPSA) is 164 Å². The Kier molecular flexibility index (Phi) is 11.3. The molecule has 5 heterocycles. The maximum Gasteiger partial charge on any atom is 0.410 e. The summed E-state index contributed by atoms with van der Waals surface area (Å²) in [5, 5.41) is 2.63. The normalized spacial score (nSPS) is 20.8. The lowest BCUT2D eigenvalue weighted by atomic mass is 10.0. The Morgan fingerprint density at radius 2 is 1.55 bits per heavy atom. The Morgan fingerprint density at radius 3 is 2.27 bits per heavy atom. The van der Waals surface area contributed by atoms with Crippen LogP contribution in [-0.4, -0.2) is 106 Å². The number of benzene rings is 2. The summed E-state index contributed by atoms with van der Waals surface area (Å²) in [4.78, 5) is 58.9. The highest BCUT2D eigenvalue weighted by Gasteiger charge is 2.37. The number of nitrogens with zero attached hydrogens (tertiary/aromatic N) is 4. The highest BCUT2D eigenvalue weighted by molar-refractivity contribution is 5.86. The monoisotopic (exact) mass is 751 g/mol. The van der Waals surface area contributed by atoms with E-state index in [1.165, 1.54) is 7.11 Å². The summed E-state index contributed by atoms with van der Waals surface area (Å²) >= 11 is 0. The van der Waals surface area contributed by atoms with Crippen LogP contribution in [0.25, 0.3) is 39.7 Å². The molecule has 290 valence electrons. The van der Waals surface area contributed by atoms with E-state index in [-0.39, 0.29) is 37.3 Å². The van der Waals surface area contributed by atoms with Gasteiger partial charge in [-0.3, -0.25) is 9.69 Å². The van der Waals surface area contributed by atoms with Crippen LogP contribution in [0.2, 0.25) is 0 Å². The number of H-pyrrole nitrogens is 2. The summed E-state index contributed by atoms with van der Waals surface area (Å²) in [7, 11) is 1.26. The molecule has 0 aliphatic carbocycles. The summed E-state index contributed by atoms with van der Waals surface area (Å²) in [5.74, 6) is 1.19. The lowest BCUT2D eigenvalue weighted by Gasteiger charge is -2.28. The van der Waals surface area contributed by atoms with Gasteiger partial charge in [-0.25, -0.2) is 19.6 Å². The molecule has 2 bridgehead atoms. The fraction of sp³-hybridized carbons (Fsp3) is 0.439. The molecule has 2 aromatic carbocycles. The molecule has 14 nitrogen and oxygen atoms in total. The second kappa shape index (κ2) is 16.5. The molecular weight excluding hydrogens is 702 g/mol. The van der Waals surface area contributed by atoms with Crippen molar-refractivity contribution >= 4 is 24.2 Å². The second-order valence-electron chi connectivity index (χ2n) is 15.0. The molecule has 3 aliphatic rings. The summed E-state index contributed by atoms with van der Waals surface area (Å²) in [6.45, 7) is 7.79. The number of hydrogen-bond donors (Lipinski definition) is 3. The Bertz CT molecular complexity index is 2000. The van der Waals surface area contributed by atoms with E-state index < -0.39 is 17.7 Å². The van der Waals surface area contributed by atoms with E-state index >= 15 is 0 Å². The molecule has 2 saturated heterocycles. The van der Waals surface area contributed by atoms with E-state index in [1.807, 2.05) is 39.1 Å². The number of hydrogen-bond acceptors (Lipinski definition) is 9. The average Bonchev–Trinajstić information content (AvgIpc) is 4.00. The smallest absolute Gasteiger partial charge is 0.410 e. The molecule has 0 saturated carbocycles. The van der Waals surface area contributed by atoms with Gasteiger partial charge in [0.05, 0.1) is 68.9 Å². The summed E-state index contributed by atoms with van der Waals surface area (Å²) in [6, 6.07) is 15.2. The average molecular weight is 752 g/mol. The van der Waals surface area contributed by atoms with Crippen molar-refractivity contribution in [3.05, 3.63) is 78.1 Å². The van der Waals surface area contributed by atoms with Crippen LogP contribution in [0.4, 0.5) is 9.59 Å². The largest absolute Gasteiger partial charge is 0.453 e. The van der Waals surface area contributed by atoms with E-state index in [0.29, 0.717) is 32.1 Å². The highest BCUT2D eigenvalue weighted by Crippen LogP contribution is 2.36. The van der Waals surface area contributed by atoms with Crippen molar-refractivity contribution in [3.8, 4) is 33.6 Å². The van der Waals surface area contributed by atoms with Gasteiger partial charge in [0.2, 0.25) is 5.91 Å². The molecule has 0 radical (unpaired) electrons. The molecular formula is C41H49N7O7. The van der Waals surface area contributed by atoms with E-state index in [9.17, 15) is 14.4 Å². The van der Waals surface area contributed by atoms with E-state index in [1.54, 1.807) is 9.80 Å². The number of aromatic nitrogens is 4. The highest BCUT2D eigenvalue weighted by atomic mass is 16.6. The third kappa shape index (κ3) is 8.76. The van der Waals surface area contributed by atoms with Crippen molar-refractivity contribution < 1.29 is 33.3 Å². The Morgan fingerprint density at radius 1 is 0.873 bits per heavy atom. The van der Waals surface area contributed by atoms with E-state index in [0.717, 1.165) is 70.8 Å². The van der Waals surface area contributed by atoms with Crippen molar-refractivity contribution in [2.24, 2.45) is 0 Å². The Labute approximate surface area is 320 Å². The molecule has 3 N–H and O–H groups in total. The SMILES string of the molecule is COC(=O)N[C@H]1COCCOCC=Cc2[nH]c(nc2-c2ccc(-c3ccc(-c4cnc([C@@H]5CCCN5C(=O)OC(C)(C)C)[nH]4)cc3)cc2)[C@@H]2CCCN2C1=O. The number of alkyl carbamates (subject to hydrolysis) is 1. The van der Waals surface area contributed by atoms with Crippen molar-refractivity contribution in [1.29, 1.82) is 0 Å². The van der Waals surface area contributed by atoms with Gasteiger partial charge in [0.25, 0.3) is 0 Å². The zero-order chi connectivity index (χ0) is 38.5. The number of aromatic amines is 2. The van der Waals surface area contributed by atoms with Crippen molar-refractivity contribution in [2.45, 2.75) is 70.2 Å². The lowest BCUT2D eigenvalue weighted by molar-refractivity contribution is -0.136. The van der Waals surface area contributed by atoms with Gasteiger partial charge in [-0.1, -0.05) is 54.6 Å². The van der Waals surface area contributed by atoms with Gasteiger partial charge in [-0.05, 0) is 69.2 Å². The van der Waals surface area contributed by atoms with Crippen molar-refractivity contribution in [2.75, 3.05) is 46.6 Å². The van der Waals surface area contributed by atoms with E-state index in [2.05, 4.69) is 68.8 Å². The summed E-state index contributed by atoms with van der Waals surface area (Å²) in [5.41, 5.74) is 5.95. The van der Waals surface area contributed by atoms with Crippen LogP contribution in [0.15, 0.2) is 60.8 Å². The van der Waals surface area contributed by atoms with Crippen LogP contribution in [0.5, 0.6) is 0 Å². The molecule has 2 aromatic heterocycles. The third-order valence-electron chi connectivity index (χ3n) is 10.0. The number of likely N-dealkylation sites (tertiary alicyclic amines) is 1. The molecule has 7 rings (SSSR count). The maximum absolute atomic E-state index is 13.8. The van der Waals surface area contributed by atoms with Gasteiger partial charge in [0.1, 0.15) is 23.3 Å². The van der Waals surface area contributed by atoms with Gasteiger partial charge < -0.3 is 39.1 Å². The number of methoxy groups -OCH3 is 1. The van der Waals surface area contributed by atoms with Gasteiger partial charge >= 0.3 is 12.2 Å². The molecule has 3 aliphatic heterocycles. The van der Waals surface area contributed by atoms with Crippen molar-refractivity contribution in [3.63, 3.8) is 0 Å². The van der Waals surface area contributed by atoms with Crippen LogP contribution in [0.1, 0.15) is 75.9 Å². The van der Waals surface area contributed by atoms with Crippen LogP contribution in [-0.2, 0) is 23.7 Å². The number of amides is 3. The first-order chi connectivity index (χ1) is 26.6. The number of carbonyl (C=O) groups excluding carboxylic acids is 3. The van der Waals surface area contributed by atoms with Gasteiger partial charge in [-0.2, -0.15) is 0 Å². The van der Waals surface area contributed by atoms with Gasteiger partial charge in [0.15, 0.2) is 0 Å². The molecule has 3 atom stereocenters. The minimum atomic E-state index is -0.905. The predicted octanol–water partition coefficient (Wildman–Crippen LogP) is 6.65. The first-order valence-electron chi connectivity index (χ1n) is 18.9. The molecule has 2 fully saturated rings. The predicted molar refractivity (Wildman–Crippen MR) is 206 cm³/mol. The summed E-state index contributed by atoms with van der Waals surface area (Å²) in [6.07, 6.45) is 7.98. The number of carbonyl (C=O) groups is 3. The number of ether oxygens (including phenoxy) is 4. The minimum Gasteiger partial charge on any atom is -0.453 e. The first-order valence-corrected chi connectivity index (χ1v) is 18.9. The molecule has 0 unspecified atom stereocenters. The number of fused-ring (bicyclic) bond motifs is 4. The quantitative estimate of drug-likeness (QED) is 0.203. The second-order valence-corrected chi connectivity index (χ2v) is 15.0. The molecule has 0 spiro atoms. The Hall–Kier alpha value is -5.47. The zero-order valence-electron chi connectivity index (χ0n) is 31.8. The molecule has 3 amide bonds. The van der Waals surface area contributed by atoms with E-state index in [4.69, 9.17) is 23.9 Å². The van der Waals surface area contributed by atoms with Gasteiger partial charge in [0, 0.05) is 18.7 Å².